The SMILES string of the molecule is CC(CC(=O)Nc1ccc(OCCN(C)C)cc1)C1CCCNC1. The topological polar surface area (TPSA) is 53.6 Å². The van der Waals surface area contributed by atoms with E-state index < -0.39 is 0 Å². The molecular weight excluding hydrogens is 302 g/mol. The molecule has 1 aliphatic rings. The van der Waals surface area contributed by atoms with Crippen LogP contribution in [0.5, 0.6) is 5.75 Å². The summed E-state index contributed by atoms with van der Waals surface area (Å²) in [7, 11) is 4.04. The van der Waals surface area contributed by atoms with Gasteiger partial charge < -0.3 is 20.3 Å². The van der Waals surface area contributed by atoms with Crippen molar-refractivity contribution in [2.45, 2.75) is 26.2 Å². The van der Waals surface area contributed by atoms with E-state index in [1.807, 2.05) is 38.4 Å². The number of amides is 1. The minimum atomic E-state index is 0.0920. The van der Waals surface area contributed by atoms with E-state index in [1.165, 1.54) is 12.8 Å². The maximum atomic E-state index is 12.2. The Balaban J connectivity index is 1.74. The highest BCUT2D eigenvalue weighted by atomic mass is 16.5. The Hall–Kier alpha value is -1.59. The molecule has 5 heteroatoms. The lowest BCUT2D eigenvalue weighted by Crippen LogP contribution is -2.34. The Bertz CT molecular complexity index is 496. The number of piperidine rings is 1. The fraction of sp³-hybridized carbons (Fsp3) is 0.632. The van der Waals surface area contributed by atoms with E-state index in [2.05, 4.69) is 22.5 Å². The lowest BCUT2D eigenvalue weighted by molar-refractivity contribution is -0.117. The third-order valence-electron chi connectivity index (χ3n) is 4.59. The molecule has 2 rings (SSSR count). The summed E-state index contributed by atoms with van der Waals surface area (Å²) < 4.78 is 5.66. The highest BCUT2D eigenvalue weighted by molar-refractivity contribution is 5.90. The lowest BCUT2D eigenvalue weighted by Gasteiger charge is -2.28. The molecule has 1 aliphatic heterocycles. The molecular formula is C19H31N3O2. The van der Waals surface area contributed by atoms with Crippen LogP contribution >= 0.6 is 0 Å². The molecule has 0 bridgehead atoms. The second kappa shape index (κ2) is 9.64. The number of nitrogens with zero attached hydrogens (tertiary/aromatic N) is 1. The summed E-state index contributed by atoms with van der Waals surface area (Å²) in [6.45, 7) is 5.86. The molecule has 0 radical (unpaired) electrons. The molecule has 2 unspecified atom stereocenters. The summed E-state index contributed by atoms with van der Waals surface area (Å²) in [6.07, 6.45) is 3.01. The second-order valence-electron chi connectivity index (χ2n) is 7.01. The number of nitrogens with one attached hydrogen (secondary N) is 2. The number of anilines is 1. The van der Waals surface area contributed by atoms with E-state index in [-0.39, 0.29) is 5.91 Å². The molecule has 1 amide bonds. The van der Waals surface area contributed by atoms with Crippen LogP contribution in [0.15, 0.2) is 24.3 Å². The monoisotopic (exact) mass is 333 g/mol. The largest absolute Gasteiger partial charge is 0.492 e. The Kier molecular flexibility index (Phi) is 7.53. The molecule has 1 aromatic carbocycles. The summed E-state index contributed by atoms with van der Waals surface area (Å²) >= 11 is 0. The van der Waals surface area contributed by atoms with Crippen LogP contribution in [-0.2, 0) is 4.79 Å². The fourth-order valence-corrected chi connectivity index (χ4v) is 3.02. The van der Waals surface area contributed by atoms with E-state index >= 15 is 0 Å². The van der Waals surface area contributed by atoms with E-state index in [1.54, 1.807) is 0 Å². The Morgan fingerprint density at radius 2 is 2.12 bits per heavy atom. The van der Waals surface area contributed by atoms with E-state index in [0.29, 0.717) is 24.9 Å². The van der Waals surface area contributed by atoms with Crippen molar-refractivity contribution in [3.63, 3.8) is 0 Å². The smallest absolute Gasteiger partial charge is 0.224 e. The number of carbonyl (C=O) groups is 1. The number of rotatable bonds is 8. The van der Waals surface area contributed by atoms with Gasteiger partial charge in [0, 0.05) is 18.7 Å². The first-order chi connectivity index (χ1) is 11.5. The van der Waals surface area contributed by atoms with Crippen LogP contribution in [0.2, 0.25) is 0 Å². The van der Waals surface area contributed by atoms with Gasteiger partial charge in [0.05, 0.1) is 0 Å². The summed E-state index contributed by atoms with van der Waals surface area (Å²) in [4.78, 5) is 14.3. The van der Waals surface area contributed by atoms with Gasteiger partial charge in [0.1, 0.15) is 12.4 Å². The summed E-state index contributed by atoms with van der Waals surface area (Å²) in [5.41, 5.74) is 0.828. The van der Waals surface area contributed by atoms with Crippen molar-refractivity contribution in [3.8, 4) is 5.75 Å². The zero-order valence-electron chi connectivity index (χ0n) is 15.2. The first-order valence-corrected chi connectivity index (χ1v) is 8.93. The van der Waals surface area contributed by atoms with Gasteiger partial charge in [0.2, 0.25) is 5.91 Å². The van der Waals surface area contributed by atoms with Gasteiger partial charge >= 0.3 is 0 Å². The third kappa shape index (κ3) is 6.49. The number of benzene rings is 1. The van der Waals surface area contributed by atoms with E-state index in [9.17, 15) is 4.79 Å². The zero-order chi connectivity index (χ0) is 17.4. The molecule has 0 aliphatic carbocycles. The van der Waals surface area contributed by atoms with Crippen molar-refractivity contribution < 1.29 is 9.53 Å². The van der Waals surface area contributed by atoms with Gasteiger partial charge in [0.25, 0.3) is 0 Å². The van der Waals surface area contributed by atoms with E-state index in [0.717, 1.165) is 31.1 Å². The summed E-state index contributed by atoms with van der Waals surface area (Å²) in [5, 5.41) is 6.41. The number of hydrogen-bond acceptors (Lipinski definition) is 4. The number of carbonyl (C=O) groups excluding carboxylic acids is 1. The minimum Gasteiger partial charge on any atom is -0.492 e. The normalized spacial score (nSPS) is 19.1. The van der Waals surface area contributed by atoms with Crippen LogP contribution in [0.4, 0.5) is 5.69 Å². The molecule has 1 heterocycles. The van der Waals surface area contributed by atoms with Crippen molar-refractivity contribution in [3.05, 3.63) is 24.3 Å². The van der Waals surface area contributed by atoms with Gasteiger partial charge in [-0.25, -0.2) is 0 Å². The van der Waals surface area contributed by atoms with Gasteiger partial charge in [-0.05, 0) is 76.1 Å². The van der Waals surface area contributed by atoms with Gasteiger partial charge in [-0.3, -0.25) is 4.79 Å². The van der Waals surface area contributed by atoms with Crippen LogP contribution < -0.4 is 15.4 Å². The maximum Gasteiger partial charge on any atom is 0.224 e. The standard InChI is InChI=1S/C19H31N3O2/c1-15(16-5-4-10-20-14-16)13-19(23)21-17-6-8-18(9-7-17)24-12-11-22(2)3/h6-9,15-16,20H,4-5,10-14H2,1-3H3,(H,21,23). The summed E-state index contributed by atoms with van der Waals surface area (Å²) in [5.74, 6) is 1.94. The maximum absolute atomic E-state index is 12.2. The molecule has 2 atom stereocenters. The highest BCUT2D eigenvalue weighted by Gasteiger charge is 2.21. The average Bonchev–Trinajstić information content (AvgIpc) is 2.57. The molecule has 1 fully saturated rings. The van der Waals surface area contributed by atoms with E-state index in [4.69, 9.17) is 4.74 Å². The molecule has 5 nitrogen and oxygen atoms in total. The highest BCUT2D eigenvalue weighted by Crippen LogP contribution is 2.23. The number of likely N-dealkylation sites (N-methyl/N-ethyl adjacent to an activating group) is 1. The molecule has 0 spiro atoms. The van der Waals surface area contributed by atoms with Crippen LogP contribution in [-0.4, -0.2) is 51.1 Å². The first-order valence-electron chi connectivity index (χ1n) is 8.93. The minimum absolute atomic E-state index is 0.0920. The quantitative estimate of drug-likeness (QED) is 0.768. The molecule has 1 saturated heterocycles. The van der Waals surface area contributed by atoms with Gasteiger partial charge in [-0.15, -0.1) is 0 Å². The van der Waals surface area contributed by atoms with Crippen molar-refractivity contribution in [1.82, 2.24) is 10.2 Å². The van der Waals surface area contributed by atoms with Crippen LogP contribution in [0.25, 0.3) is 0 Å². The Labute approximate surface area is 145 Å². The molecule has 24 heavy (non-hydrogen) atoms. The van der Waals surface area contributed by atoms with Crippen molar-refractivity contribution in [2.75, 3.05) is 45.7 Å². The van der Waals surface area contributed by atoms with Crippen molar-refractivity contribution >= 4 is 11.6 Å². The molecule has 0 saturated carbocycles. The Morgan fingerprint density at radius 1 is 1.38 bits per heavy atom. The second-order valence-corrected chi connectivity index (χ2v) is 7.01. The first kappa shape index (κ1) is 18.7. The molecule has 2 N–H and O–H groups in total. The molecule has 1 aromatic rings. The van der Waals surface area contributed by atoms with Gasteiger partial charge in [-0.2, -0.15) is 0 Å². The predicted octanol–water partition coefficient (Wildman–Crippen LogP) is 2.59. The fourth-order valence-electron chi connectivity index (χ4n) is 3.02. The zero-order valence-corrected chi connectivity index (χ0v) is 15.2. The number of hydrogen-bond donors (Lipinski definition) is 2. The molecule has 0 aromatic heterocycles. The lowest BCUT2D eigenvalue weighted by atomic mass is 9.85. The van der Waals surface area contributed by atoms with Crippen molar-refractivity contribution in [1.29, 1.82) is 0 Å². The van der Waals surface area contributed by atoms with Crippen LogP contribution in [0.3, 0.4) is 0 Å². The Morgan fingerprint density at radius 3 is 2.75 bits per heavy atom. The van der Waals surface area contributed by atoms with Crippen molar-refractivity contribution in [2.24, 2.45) is 11.8 Å². The van der Waals surface area contributed by atoms with Crippen LogP contribution in [0.1, 0.15) is 26.2 Å². The number of ether oxygens (including phenoxy) is 1. The third-order valence-corrected chi connectivity index (χ3v) is 4.59. The summed E-state index contributed by atoms with van der Waals surface area (Å²) in [6, 6.07) is 7.60. The van der Waals surface area contributed by atoms with Gasteiger partial charge in [0.15, 0.2) is 0 Å². The predicted molar refractivity (Wildman–Crippen MR) is 98.5 cm³/mol. The van der Waals surface area contributed by atoms with Crippen LogP contribution in [0, 0.1) is 11.8 Å². The molecule has 134 valence electrons. The average molecular weight is 333 g/mol. The van der Waals surface area contributed by atoms with Gasteiger partial charge in [-0.1, -0.05) is 6.92 Å².